The third kappa shape index (κ3) is 15.1. The SMILES string of the molecule is CC.CC(C)c1cn[nH]n1.CCc1n[nH]nc1C(C)C.CCc1nnn(C)c1C(C)C.Cc1[nH]cnc1C(C)C.Cc1nnn(C)c1C(C)C. The largest absolute Gasteiger partial charge is 0.348 e. The molecule has 0 fully saturated rings. The molecule has 0 atom stereocenters. The van der Waals surface area contributed by atoms with Crippen LogP contribution in [-0.2, 0) is 26.9 Å². The van der Waals surface area contributed by atoms with E-state index in [0.29, 0.717) is 29.6 Å². The molecule has 3 N–H and O–H groups in total. The maximum atomic E-state index is 4.16. The first-order chi connectivity index (χ1) is 23.6. The van der Waals surface area contributed by atoms with Crippen molar-refractivity contribution in [2.24, 2.45) is 14.1 Å². The summed E-state index contributed by atoms with van der Waals surface area (Å²) in [5.41, 5.74) is 10.2. The lowest BCUT2D eigenvalue weighted by molar-refractivity contribution is 0.647. The second kappa shape index (κ2) is 24.0. The van der Waals surface area contributed by atoms with Gasteiger partial charge in [-0.1, -0.05) is 107 Å². The Morgan fingerprint density at radius 3 is 1.44 bits per heavy atom. The van der Waals surface area contributed by atoms with Gasteiger partial charge in [-0.2, -0.15) is 30.8 Å². The summed E-state index contributed by atoms with van der Waals surface area (Å²) in [5, 5.41) is 36.7. The molecule has 0 spiro atoms. The highest BCUT2D eigenvalue weighted by Crippen LogP contribution is 2.17. The molecule has 14 nitrogen and oxygen atoms in total. The van der Waals surface area contributed by atoms with E-state index in [-0.39, 0.29) is 0 Å². The Balaban J connectivity index is 0.000000594. The number of nitrogens with zero attached hydrogens (tertiary/aromatic N) is 11. The van der Waals surface area contributed by atoms with Crippen LogP contribution in [-0.4, -0.2) is 70.8 Å². The van der Waals surface area contributed by atoms with Crippen LogP contribution in [0.25, 0.3) is 0 Å². The summed E-state index contributed by atoms with van der Waals surface area (Å²) < 4.78 is 3.70. The van der Waals surface area contributed by atoms with Crippen molar-refractivity contribution >= 4 is 0 Å². The molecule has 50 heavy (non-hydrogen) atoms. The van der Waals surface area contributed by atoms with Crippen LogP contribution in [0, 0.1) is 13.8 Å². The second-order valence-electron chi connectivity index (χ2n) is 13.2. The van der Waals surface area contributed by atoms with Crippen molar-refractivity contribution in [1.82, 2.24) is 70.8 Å². The molecule has 5 aromatic heterocycles. The number of nitrogens with one attached hydrogen (secondary N) is 3. The van der Waals surface area contributed by atoms with Gasteiger partial charge in [-0.3, -0.25) is 9.36 Å². The summed E-state index contributed by atoms with van der Waals surface area (Å²) in [6, 6.07) is 0. The minimum atomic E-state index is 0.480. The van der Waals surface area contributed by atoms with E-state index in [1.807, 2.05) is 51.2 Å². The van der Waals surface area contributed by atoms with Crippen LogP contribution in [0.4, 0.5) is 0 Å². The van der Waals surface area contributed by atoms with Gasteiger partial charge in [-0.15, -0.1) is 10.2 Å². The summed E-state index contributed by atoms with van der Waals surface area (Å²) >= 11 is 0. The highest BCUT2D eigenvalue weighted by molar-refractivity contribution is 5.14. The zero-order valence-corrected chi connectivity index (χ0v) is 34.4. The maximum Gasteiger partial charge on any atom is 0.0925 e. The Morgan fingerprint density at radius 2 is 1.16 bits per heavy atom. The lowest BCUT2D eigenvalue weighted by Gasteiger charge is -2.05. The summed E-state index contributed by atoms with van der Waals surface area (Å²) in [7, 11) is 3.87. The molecule has 0 saturated carbocycles. The van der Waals surface area contributed by atoms with Crippen molar-refractivity contribution in [2.45, 2.75) is 153 Å². The number of aromatic nitrogens is 14. The molecule has 0 aliphatic carbocycles. The molecule has 5 heterocycles. The summed E-state index contributed by atoms with van der Waals surface area (Å²) in [6.07, 6.45) is 5.42. The van der Waals surface area contributed by atoms with Crippen LogP contribution in [0.5, 0.6) is 0 Å². The van der Waals surface area contributed by atoms with Gasteiger partial charge in [-0.05, 0) is 56.3 Å². The number of aryl methyl sites for hydroxylation is 6. The normalized spacial score (nSPS) is 10.5. The number of rotatable bonds is 7. The highest BCUT2D eigenvalue weighted by atomic mass is 15.4. The molecule has 0 aromatic carbocycles. The van der Waals surface area contributed by atoms with Crippen molar-refractivity contribution in [1.29, 1.82) is 0 Å². The van der Waals surface area contributed by atoms with Gasteiger partial charge in [0.15, 0.2) is 0 Å². The molecule has 282 valence electrons. The van der Waals surface area contributed by atoms with E-state index in [1.165, 1.54) is 22.8 Å². The lowest BCUT2D eigenvalue weighted by Crippen LogP contribution is -2.01. The minimum absolute atomic E-state index is 0.480. The quantitative estimate of drug-likeness (QED) is 0.152. The predicted octanol–water partition coefficient (Wildman–Crippen LogP) is 8.03. The van der Waals surface area contributed by atoms with Crippen molar-refractivity contribution < 1.29 is 0 Å². The van der Waals surface area contributed by atoms with Crippen LogP contribution < -0.4 is 0 Å². The van der Waals surface area contributed by atoms with Gasteiger partial charge in [0.25, 0.3) is 0 Å². The van der Waals surface area contributed by atoms with Gasteiger partial charge in [0.2, 0.25) is 0 Å². The van der Waals surface area contributed by atoms with E-state index in [0.717, 1.165) is 41.3 Å². The Bertz CT molecular complexity index is 1510. The molecule has 5 aromatic rings. The first-order valence-corrected chi connectivity index (χ1v) is 18.1. The fourth-order valence-corrected chi connectivity index (χ4v) is 5.05. The molecule has 0 aliphatic heterocycles. The van der Waals surface area contributed by atoms with E-state index in [9.17, 15) is 0 Å². The number of H-pyrrole nitrogens is 3. The Morgan fingerprint density at radius 1 is 0.620 bits per heavy atom. The Hall–Kier alpha value is -4.23. The number of imidazole rings is 1. The zero-order valence-electron chi connectivity index (χ0n) is 34.4. The smallest absolute Gasteiger partial charge is 0.0925 e. The number of hydrogen-bond donors (Lipinski definition) is 3. The molecule has 5 rings (SSSR count). The van der Waals surface area contributed by atoms with Crippen molar-refractivity contribution in [3.05, 3.63) is 63.8 Å². The van der Waals surface area contributed by atoms with E-state index in [1.54, 1.807) is 12.5 Å². The molecule has 0 radical (unpaired) electrons. The Kier molecular flexibility index (Phi) is 22.0. The van der Waals surface area contributed by atoms with Crippen LogP contribution in [0.3, 0.4) is 0 Å². The molecule has 0 bridgehead atoms. The van der Waals surface area contributed by atoms with Crippen LogP contribution in [0.15, 0.2) is 12.5 Å². The third-order valence-corrected chi connectivity index (χ3v) is 7.39. The molecule has 0 amide bonds. The van der Waals surface area contributed by atoms with Crippen molar-refractivity contribution in [3.63, 3.8) is 0 Å². The van der Waals surface area contributed by atoms with Crippen molar-refractivity contribution in [2.75, 3.05) is 0 Å². The molecule has 14 heteroatoms. The van der Waals surface area contributed by atoms with E-state index >= 15 is 0 Å². The fraction of sp³-hybridized carbons (Fsp3) is 0.694. The Labute approximate surface area is 301 Å². The monoisotopic (exact) mass is 697 g/mol. The second-order valence-corrected chi connectivity index (χ2v) is 13.2. The van der Waals surface area contributed by atoms with Gasteiger partial charge in [0.05, 0.1) is 58.1 Å². The zero-order chi connectivity index (χ0) is 38.6. The lowest BCUT2D eigenvalue weighted by atomic mass is 10.1. The van der Waals surface area contributed by atoms with Crippen LogP contribution >= 0.6 is 0 Å². The molecule has 0 aliphatic rings. The first kappa shape index (κ1) is 45.8. The number of hydrogen-bond acceptors (Lipinski definition) is 9. The summed E-state index contributed by atoms with van der Waals surface area (Å²) in [5.74, 6) is 2.53. The fourth-order valence-electron chi connectivity index (χ4n) is 5.05. The summed E-state index contributed by atoms with van der Waals surface area (Å²) in [4.78, 5) is 7.20. The first-order valence-electron chi connectivity index (χ1n) is 18.1. The van der Waals surface area contributed by atoms with Gasteiger partial charge in [0, 0.05) is 19.8 Å². The van der Waals surface area contributed by atoms with Crippen LogP contribution in [0.2, 0.25) is 0 Å². The molecule has 0 saturated heterocycles. The van der Waals surface area contributed by atoms with Gasteiger partial charge < -0.3 is 4.98 Å². The van der Waals surface area contributed by atoms with Gasteiger partial charge in [-0.25, -0.2) is 4.98 Å². The van der Waals surface area contributed by atoms with Crippen molar-refractivity contribution in [3.8, 4) is 0 Å². The maximum absolute atomic E-state index is 4.16. The average molecular weight is 697 g/mol. The van der Waals surface area contributed by atoms with Crippen LogP contribution in [0.1, 0.15) is 178 Å². The van der Waals surface area contributed by atoms with E-state index < -0.39 is 0 Å². The molecule has 0 unspecified atom stereocenters. The van der Waals surface area contributed by atoms with E-state index in [2.05, 4.69) is 144 Å². The standard InChI is InChI=1S/C8H15N3.2C7H13N3.C7H12N2.C5H9N3.C2H6/c1-5-7-8(6(2)3)11(4)10-9-7;1-5(2)7-6(3)8-9-10(7)4;1-4-6-7(5(2)3)9-10-8-6;1-5(2)7-6(3)8-4-9-7;1-4(2)5-3-6-8-7-5;1-2/h6H,5H2,1-4H3;5H,1-4H3;5H,4H2,1-3H3,(H,8,9,10);4-5H,1-3H3,(H,8,9);3-4H,1-2H3,(H,6,7,8);1-2H3. The van der Waals surface area contributed by atoms with Gasteiger partial charge in [0.1, 0.15) is 0 Å². The predicted molar refractivity (Wildman–Crippen MR) is 203 cm³/mol. The molecular formula is C36H68N14. The highest BCUT2D eigenvalue weighted by Gasteiger charge is 2.12. The summed E-state index contributed by atoms with van der Waals surface area (Å²) in [6.45, 7) is 33.5. The van der Waals surface area contributed by atoms with Gasteiger partial charge >= 0.3 is 0 Å². The average Bonchev–Trinajstić information content (AvgIpc) is 3.91. The minimum Gasteiger partial charge on any atom is -0.348 e. The topological polar surface area (TPSA) is 173 Å². The molecular weight excluding hydrogens is 628 g/mol. The number of aromatic amines is 3. The van der Waals surface area contributed by atoms with E-state index in [4.69, 9.17) is 0 Å². The third-order valence-electron chi connectivity index (χ3n) is 7.39.